The molecule has 2 aliphatic rings. The molecule has 1 spiro atoms. The van der Waals surface area contributed by atoms with Gasteiger partial charge in [-0.3, -0.25) is 4.79 Å². The third-order valence-corrected chi connectivity index (χ3v) is 3.71. The lowest BCUT2D eigenvalue weighted by atomic mass is 9.97. The second-order valence-corrected chi connectivity index (χ2v) is 5.06. The molecule has 4 rings (SSSR count). The van der Waals surface area contributed by atoms with Crippen LogP contribution < -0.4 is 4.74 Å². The highest BCUT2D eigenvalue weighted by Gasteiger charge is 2.58. The zero-order valence-corrected chi connectivity index (χ0v) is 10.8. The number of esters is 1. The van der Waals surface area contributed by atoms with Crippen LogP contribution in [0.15, 0.2) is 42.5 Å². The monoisotopic (exact) mass is 286 g/mol. The number of carbonyl (C=O) groups excluding carboxylic acids is 2. The van der Waals surface area contributed by atoms with Gasteiger partial charge in [0.2, 0.25) is 0 Å². The number of ether oxygens (including phenoxy) is 2. The summed E-state index contributed by atoms with van der Waals surface area (Å²) in [6, 6.07) is 11.4. The summed E-state index contributed by atoms with van der Waals surface area (Å²) in [5.74, 6) is -2.32. The molecule has 20 heavy (non-hydrogen) atoms. The lowest BCUT2D eigenvalue weighted by Gasteiger charge is -2.20. The fraction of sp³-hybridized carbons (Fsp3) is 0.0667. The SMILES string of the molecule is O=C1OC2(Oc3cc(Cl)ccc3C2=O)c2ccccc21. The van der Waals surface area contributed by atoms with Gasteiger partial charge in [0.05, 0.1) is 16.7 Å². The van der Waals surface area contributed by atoms with Crippen LogP contribution in [0.5, 0.6) is 5.75 Å². The normalized spacial score (nSPS) is 22.4. The number of carbonyl (C=O) groups is 2. The molecular weight excluding hydrogens is 280 g/mol. The Balaban J connectivity index is 1.94. The van der Waals surface area contributed by atoms with E-state index in [1.807, 2.05) is 0 Å². The van der Waals surface area contributed by atoms with E-state index in [0.717, 1.165) is 0 Å². The highest BCUT2D eigenvalue weighted by Crippen LogP contribution is 2.47. The molecular formula is C15H7ClO4. The summed E-state index contributed by atoms with van der Waals surface area (Å²) in [5.41, 5.74) is 1.14. The van der Waals surface area contributed by atoms with Crippen molar-refractivity contribution >= 4 is 23.4 Å². The minimum Gasteiger partial charge on any atom is -0.441 e. The maximum Gasteiger partial charge on any atom is 0.347 e. The zero-order valence-electron chi connectivity index (χ0n) is 10.1. The van der Waals surface area contributed by atoms with Gasteiger partial charge >= 0.3 is 11.8 Å². The molecule has 5 heteroatoms. The molecule has 1 atom stereocenters. The van der Waals surface area contributed by atoms with Crippen LogP contribution in [0.25, 0.3) is 0 Å². The summed E-state index contributed by atoms with van der Waals surface area (Å²) in [6.07, 6.45) is 0. The molecule has 0 amide bonds. The van der Waals surface area contributed by atoms with Crippen molar-refractivity contribution in [1.29, 1.82) is 0 Å². The Morgan fingerprint density at radius 3 is 2.60 bits per heavy atom. The number of rotatable bonds is 0. The van der Waals surface area contributed by atoms with Crippen LogP contribution in [0, 0.1) is 0 Å². The van der Waals surface area contributed by atoms with Crippen molar-refractivity contribution in [1.82, 2.24) is 0 Å². The van der Waals surface area contributed by atoms with Crippen molar-refractivity contribution in [2.75, 3.05) is 0 Å². The van der Waals surface area contributed by atoms with Crippen molar-refractivity contribution in [3.05, 3.63) is 64.2 Å². The summed E-state index contributed by atoms with van der Waals surface area (Å²) in [6.45, 7) is 0. The second kappa shape index (κ2) is 3.61. The maximum absolute atomic E-state index is 12.6. The van der Waals surface area contributed by atoms with E-state index in [9.17, 15) is 9.59 Å². The van der Waals surface area contributed by atoms with Gasteiger partial charge in [-0.2, -0.15) is 0 Å². The molecule has 98 valence electrons. The lowest BCUT2D eigenvalue weighted by molar-refractivity contribution is -0.0978. The predicted molar refractivity (Wildman–Crippen MR) is 69.9 cm³/mol. The molecule has 4 nitrogen and oxygen atoms in total. The van der Waals surface area contributed by atoms with Gasteiger partial charge in [0.25, 0.3) is 5.78 Å². The third-order valence-electron chi connectivity index (χ3n) is 3.48. The van der Waals surface area contributed by atoms with Crippen LogP contribution in [-0.2, 0) is 10.5 Å². The molecule has 0 aromatic heterocycles. The van der Waals surface area contributed by atoms with Gasteiger partial charge in [-0.25, -0.2) is 4.79 Å². The van der Waals surface area contributed by atoms with Crippen molar-refractivity contribution in [2.45, 2.75) is 5.79 Å². The first-order chi connectivity index (χ1) is 9.62. The van der Waals surface area contributed by atoms with Gasteiger partial charge in [0.15, 0.2) is 0 Å². The molecule has 0 saturated carbocycles. The van der Waals surface area contributed by atoms with E-state index >= 15 is 0 Å². The molecule has 0 N–H and O–H groups in total. The summed E-state index contributed by atoms with van der Waals surface area (Å²) in [4.78, 5) is 24.5. The fourth-order valence-electron chi connectivity index (χ4n) is 2.58. The maximum atomic E-state index is 12.6. The average Bonchev–Trinajstić information content (AvgIpc) is 2.87. The molecule has 0 radical (unpaired) electrons. The Kier molecular flexibility index (Phi) is 2.07. The van der Waals surface area contributed by atoms with Crippen LogP contribution in [0.4, 0.5) is 0 Å². The van der Waals surface area contributed by atoms with E-state index in [0.29, 0.717) is 27.5 Å². The minimum absolute atomic E-state index is 0.326. The number of hydrogen-bond acceptors (Lipinski definition) is 4. The molecule has 0 saturated heterocycles. The van der Waals surface area contributed by atoms with Crippen molar-refractivity contribution in [3.63, 3.8) is 0 Å². The molecule has 0 aliphatic carbocycles. The smallest absolute Gasteiger partial charge is 0.347 e. The van der Waals surface area contributed by atoms with Crippen LogP contribution in [-0.4, -0.2) is 11.8 Å². The van der Waals surface area contributed by atoms with Gasteiger partial charge in [-0.05, 0) is 30.3 Å². The molecule has 0 bridgehead atoms. The molecule has 0 fully saturated rings. The van der Waals surface area contributed by atoms with E-state index in [4.69, 9.17) is 21.1 Å². The number of halogens is 1. The number of ketones is 1. The van der Waals surface area contributed by atoms with Gasteiger partial charge < -0.3 is 9.47 Å². The Bertz CT molecular complexity index is 783. The fourth-order valence-corrected chi connectivity index (χ4v) is 2.74. The highest BCUT2D eigenvalue weighted by atomic mass is 35.5. The molecule has 2 aromatic carbocycles. The number of Topliss-reactive ketones (excluding diaryl/α,β-unsaturated/α-hetero) is 1. The largest absolute Gasteiger partial charge is 0.441 e. The van der Waals surface area contributed by atoms with Crippen molar-refractivity contribution in [3.8, 4) is 5.75 Å². The quantitative estimate of drug-likeness (QED) is 0.699. The van der Waals surface area contributed by atoms with Gasteiger partial charge in [-0.1, -0.05) is 23.7 Å². The van der Waals surface area contributed by atoms with E-state index in [1.54, 1.807) is 36.4 Å². The van der Waals surface area contributed by atoms with Crippen LogP contribution in [0.1, 0.15) is 26.3 Å². The predicted octanol–water partition coefficient (Wildman–Crippen LogP) is 2.94. The number of benzene rings is 2. The van der Waals surface area contributed by atoms with E-state index in [-0.39, 0.29) is 5.78 Å². The zero-order chi connectivity index (χ0) is 13.9. The van der Waals surface area contributed by atoms with E-state index < -0.39 is 11.8 Å². The first-order valence-corrected chi connectivity index (χ1v) is 6.36. The lowest BCUT2D eigenvalue weighted by Crippen LogP contribution is -2.37. The number of fused-ring (bicyclic) bond motifs is 3. The minimum atomic E-state index is -1.69. The Morgan fingerprint density at radius 2 is 1.75 bits per heavy atom. The van der Waals surface area contributed by atoms with E-state index in [2.05, 4.69) is 0 Å². The van der Waals surface area contributed by atoms with Gasteiger partial charge in [0, 0.05) is 5.02 Å². The van der Waals surface area contributed by atoms with Crippen molar-refractivity contribution in [2.24, 2.45) is 0 Å². The summed E-state index contributed by atoms with van der Waals surface area (Å²) in [5, 5.41) is 0.450. The standard InChI is InChI=1S/C15H7ClO4/c16-8-5-6-10-12(7-8)19-15(13(10)17)11-4-2-1-3-9(11)14(18)20-15/h1-7H. The van der Waals surface area contributed by atoms with Crippen LogP contribution in [0.2, 0.25) is 5.02 Å². The summed E-state index contributed by atoms with van der Waals surface area (Å²) >= 11 is 5.90. The molecule has 2 heterocycles. The van der Waals surface area contributed by atoms with Gasteiger partial charge in [-0.15, -0.1) is 0 Å². The third kappa shape index (κ3) is 1.26. The van der Waals surface area contributed by atoms with Crippen LogP contribution in [0.3, 0.4) is 0 Å². The summed E-state index contributed by atoms with van der Waals surface area (Å²) < 4.78 is 10.9. The molecule has 2 aromatic rings. The van der Waals surface area contributed by atoms with Gasteiger partial charge in [0.1, 0.15) is 5.75 Å². The number of hydrogen-bond donors (Lipinski definition) is 0. The summed E-state index contributed by atoms with van der Waals surface area (Å²) in [7, 11) is 0. The first-order valence-electron chi connectivity index (χ1n) is 5.98. The van der Waals surface area contributed by atoms with Crippen molar-refractivity contribution < 1.29 is 19.1 Å². The Hall–Kier alpha value is -2.33. The molecule has 1 unspecified atom stereocenters. The first kappa shape index (κ1) is 11.5. The second-order valence-electron chi connectivity index (χ2n) is 4.62. The van der Waals surface area contributed by atoms with E-state index in [1.165, 1.54) is 6.07 Å². The Morgan fingerprint density at radius 1 is 0.950 bits per heavy atom. The highest BCUT2D eigenvalue weighted by molar-refractivity contribution is 6.31. The average molecular weight is 287 g/mol. The Labute approximate surface area is 118 Å². The molecule has 2 aliphatic heterocycles. The van der Waals surface area contributed by atoms with Crippen LogP contribution >= 0.6 is 11.6 Å². The topological polar surface area (TPSA) is 52.6 Å².